The summed E-state index contributed by atoms with van der Waals surface area (Å²) in [5.74, 6) is -4.78. The second-order valence-electron chi connectivity index (χ2n) is 3.81. The van der Waals surface area contributed by atoms with E-state index in [9.17, 15) is 35.9 Å². The highest BCUT2D eigenvalue weighted by Crippen LogP contribution is 2.37. The van der Waals surface area contributed by atoms with Crippen molar-refractivity contribution in [2.24, 2.45) is 0 Å². The SMILES string of the molecule is O=C(NC1(COC(=O)C(F)(F)F)CC1)C(F)(F)F. The van der Waals surface area contributed by atoms with Crippen molar-refractivity contribution in [2.75, 3.05) is 6.61 Å². The number of esters is 1. The number of hydrogen-bond acceptors (Lipinski definition) is 3. The highest BCUT2D eigenvalue weighted by atomic mass is 19.4. The van der Waals surface area contributed by atoms with Gasteiger partial charge in [-0.15, -0.1) is 0 Å². The van der Waals surface area contributed by atoms with Crippen molar-refractivity contribution >= 4 is 11.9 Å². The zero-order chi connectivity index (χ0) is 14.2. The molecule has 1 fully saturated rings. The van der Waals surface area contributed by atoms with E-state index in [-0.39, 0.29) is 12.8 Å². The van der Waals surface area contributed by atoms with Gasteiger partial charge in [0.05, 0.1) is 5.54 Å². The lowest BCUT2D eigenvalue weighted by molar-refractivity contribution is -0.201. The number of carbonyl (C=O) groups is 2. The third kappa shape index (κ3) is 3.77. The van der Waals surface area contributed by atoms with E-state index in [4.69, 9.17) is 0 Å². The molecule has 10 heteroatoms. The Balaban J connectivity index is 2.48. The molecular weight excluding hydrogens is 272 g/mol. The predicted molar refractivity (Wildman–Crippen MR) is 43.2 cm³/mol. The van der Waals surface area contributed by atoms with Gasteiger partial charge in [0.2, 0.25) is 0 Å². The van der Waals surface area contributed by atoms with Crippen LogP contribution in [0, 0.1) is 0 Å². The topological polar surface area (TPSA) is 55.4 Å². The number of amides is 1. The Labute approximate surface area is 96.3 Å². The van der Waals surface area contributed by atoms with Gasteiger partial charge in [-0.05, 0) is 12.8 Å². The standard InChI is InChI=1S/C8H7F6NO3/c9-7(10,11)4(16)15-6(1-2-6)3-18-5(17)8(12,13)14/h1-3H2,(H,15,16). The molecule has 0 unspecified atom stereocenters. The average molecular weight is 279 g/mol. The van der Waals surface area contributed by atoms with Crippen LogP contribution in [0.1, 0.15) is 12.8 Å². The second-order valence-corrected chi connectivity index (χ2v) is 3.81. The molecule has 18 heavy (non-hydrogen) atoms. The number of rotatable bonds is 3. The molecule has 1 aliphatic carbocycles. The first kappa shape index (κ1) is 14.6. The average Bonchev–Trinajstić information content (AvgIpc) is 2.92. The largest absolute Gasteiger partial charge is 0.490 e. The van der Waals surface area contributed by atoms with Gasteiger partial charge in [-0.1, -0.05) is 0 Å². The van der Waals surface area contributed by atoms with E-state index >= 15 is 0 Å². The van der Waals surface area contributed by atoms with Crippen molar-refractivity contribution in [1.82, 2.24) is 5.32 Å². The maximum Gasteiger partial charge on any atom is 0.490 e. The van der Waals surface area contributed by atoms with Crippen LogP contribution in [0.15, 0.2) is 0 Å². The summed E-state index contributed by atoms with van der Waals surface area (Å²) in [6.45, 7) is -0.937. The molecule has 1 aliphatic rings. The van der Waals surface area contributed by atoms with Crippen molar-refractivity contribution in [1.29, 1.82) is 0 Å². The summed E-state index contributed by atoms with van der Waals surface area (Å²) < 4.78 is 74.8. The van der Waals surface area contributed by atoms with Gasteiger partial charge < -0.3 is 10.1 Å². The van der Waals surface area contributed by atoms with E-state index in [2.05, 4.69) is 4.74 Å². The predicted octanol–water partition coefficient (Wildman–Crippen LogP) is 1.30. The maximum atomic E-state index is 11.9. The summed E-state index contributed by atoms with van der Waals surface area (Å²) in [5.41, 5.74) is -1.53. The minimum atomic E-state index is -5.22. The Bertz CT molecular complexity index is 357. The monoisotopic (exact) mass is 279 g/mol. The molecule has 0 heterocycles. The first-order chi connectivity index (χ1) is 7.96. The van der Waals surface area contributed by atoms with E-state index in [0.29, 0.717) is 0 Å². The summed E-state index contributed by atoms with van der Waals surface area (Å²) in [6, 6.07) is 0. The zero-order valence-corrected chi connectivity index (χ0v) is 8.61. The molecule has 0 bridgehead atoms. The lowest BCUT2D eigenvalue weighted by atomic mass is 10.3. The summed E-state index contributed by atoms with van der Waals surface area (Å²) in [5, 5.41) is 1.51. The lowest BCUT2D eigenvalue weighted by Gasteiger charge is -2.18. The third-order valence-electron chi connectivity index (χ3n) is 2.20. The van der Waals surface area contributed by atoms with E-state index < -0.39 is 36.4 Å². The highest BCUT2D eigenvalue weighted by Gasteiger charge is 2.52. The minimum absolute atomic E-state index is 0.0138. The van der Waals surface area contributed by atoms with Crippen molar-refractivity contribution in [3.8, 4) is 0 Å². The summed E-state index contributed by atoms with van der Waals surface area (Å²) in [6.07, 6.45) is -10.3. The molecule has 104 valence electrons. The second kappa shape index (κ2) is 4.32. The van der Waals surface area contributed by atoms with Crippen molar-refractivity contribution in [2.45, 2.75) is 30.7 Å². The van der Waals surface area contributed by atoms with E-state index in [0.717, 1.165) is 0 Å². The van der Waals surface area contributed by atoms with Gasteiger partial charge in [0.15, 0.2) is 0 Å². The normalized spacial score (nSPS) is 18.1. The molecular formula is C8H7F6NO3. The fraction of sp³-hybridized carbons (Fsp3) is 0.750. The zero-order valence-electron chi connectivity index (χ0n) is 8.61. The van der Waals surface area contributed by atoms with Crippen LogP contribution in [0.25, 0.3) is 0 Å². The highest BCUT2D eigenvalue weighted by molar-refractivity contribution is 5.83. The molecule has 0 aromatic heterocycles. The number of nitrogens with one attached hydrogen (secondary N) is 1. The third-order valence-corrected chi connectivity index (χ3v) is 2.20. The molecule has 0 radical (unpaired) electrons. The van der Waals surface area contributed by atoms with Gasteiger partial charge >= 0.3 is 24.2 Å². The number of halogens is 6. The van der Waals surface area contributed by atoms with Crippen LogP contribution in [0.4, 0.5) is 26.3 Å². The molecule has 0 aliphatic heterocycles. The van der Waals surface area contributed by atoms with Gasteiger partial charge in [0.1, 0.15) is 6.61 Å². The van der Waals surface area contributed by atoms with Crippen molar-refractivity contribution < 1.29 is 40.7 Å². The molecule has 1 saturated carbocycles. The van der Waals surface area contributed by atoms with Gasteiger partial charge in [0.25, 0.3) is 0 Å². The van der Waals surface area contributed by atoms with Gasteiger partial charge in [-0.2, -0.15) is 26.3 Å². The molecule has 0 aromatic rings. The van der Waals surface area contributed by atoms with E-state index in [1.54, 1.807) is 0 Å². The maximum absolute atomic E-state index is 11.9. The molecule has 1 rings (SSSR count). The van der Waals surface area contributed by atoms with Crippen LogP contribution in [0.3, 0.4) is 0 Å². The van der Waals surface area contributed by atoms with Crippen molar-refractivity contribution in [3.63, 3.8) is 0 Å². The molecule has 0 aromatic carbocycles. The number of carbonyl (C=O) groups excluding carboxylic acids is 2. The molecule has 0 saturated heterocycles. The van der Waals surface area contributed by atoms with Crippen LogP contribution in [-0.4, -0.2) is 36.4 Å². The summed E-state index contributed by atoms with van der Waals surface area (Å²) in [7, 11) is 0. The molecule has 4 nitrogen and oxygen atoms in total. The fourth-order valence-corrected chi connectivity index (χ4v) is 1.05. The van der Waals surface area contributed by atoms with Crippen LogP contribution >= 0.6 is 0 Å². The Hall–Kier alpha value is -1.48. The Morgan fingerprint density at radius 3 is 1.89 bits per heavy atom. The van der Waals surface area contributed by atoms with Gasteiger partial charge in [-0.25, -0.2) is 4.79 Å². The smallest absolute Gasteiger partial charge is 0.457 e. The van der Waals surface area contributed by atoms with Gasteiger partial charge in [-0.3, -0.25) is 4.79 Å². The van der Waals surface area contributed by atoms with Crippen molar-refractivity contribution in [3.05, 3.63) is 0 Å². The quantitative estimate of drug-likeness (QED) is 0.626. The number of ether oxygens (including phenoxy) is 1. The summed E-state index contributed by atoms with van der Waals surface area (Å²) in [4.78, 5) is 20.9. The number of alkyl halides is 6. The minimum Gasteiger partial charge on any atom is -0.457 e. The molecule has 1 N–H and O–H groups in total. The Kier molecular flexibility index (Phi) is 3.50. The Morgan fingerprint density at radius 1 is 1.06 bits per heavy atom. The first-order valence-corrected chi connectivity index (χ1v) is 4.60. The van der Waals surface area contributed by atoms with E-state index in [1.165, 1.54) is 5.32 Å². The van der Waals surface area contributed by atoms with Crippen LogP contribution in [0.5, 0.6) is 0 Å². The van der Waals surface area contributed by atoms with Gasteiger partial charge in [0, 0.05) is 0 Å². The molecule has 0 atom stereocenters. The van der Waals surface area contributed by atoms with Crippen LogP contribution < -0.4 is 5.32 Å². The summed E-state index contributed by atoms with van der Waals surface area (Å²) >= 11 is 0. The Morgan fingerprint density at radius 2 is 1.56 bits per heavy atom. The number of hydrogen-bond donors (Lipinski definition) is 1. The van der Waals surface area contributed by atoms with E-state index in [1.807, 2.05) is 0 Å². The first-order valence-electron chi connectivity index (χ1n) is 4.60. The molecule has 1 amide bonds. The fourth-order valence-electron chi connectivity index (χ4n) is 1.05. The molecule has 0 spiro atoms. The van der Waals surface area contributed by atoms with Crippen LogP contribution in [-0.2, 0) is 14.3 Å². The lowest BCUT2D eigenvalue weighted by Crippen LogP contribution is -2.47. The van der Waals surface area contributed by atoms with Crippen LogP contribution in [0.2, 0.25) is 0 Å².